The van der Waals surface area contributed by atoms with Crippen molar-refractivity contribution in [1.82, 2.24) is 10.1 Å². The Balaban J connectivity index is 1.51. The largest absolute Gasteiger partial charge is 0.393 e. The van der Waals surface area contributed by atoms with E-state index < -0.39 is 0 Å². The number of nitrogens with zero attached hydrogens (tertiary/aromatic N) is 2. The topological polar surface area (TPSA) is 86.8 Å². The third-order valence-corrected chi connectivity index (χ3v) is 5.29. The van der Waals surface area contributed by atoms with Crippen LogP contribution in [0.15, 0.2) is 34.9 Å². The van der Waals surface area contributed by atoms with Crippen LogP contribution in [0.2, 0.25) is 0 Å². The highest BCUT2D eigenvalue weighted by molar-refractivity contribution is 5.93. The van der Waals surface area contributed by atoms with Gasteiger partial charge in [0.25, 0.3) is 5.91 Å². The van der Waals surface area contributed by atoms with Crippen LogP contribution in [0.1, 0.15) is 46.6 Å². The van der Waals surface area contributed by atoms with Gasteiger partial charge in [-0.1, -0.05) is 35.5 Å². The van der Waals surface area contributed by atoms with Crippen LogP contribution in [0.5, 0.6) is 0 Å². The summed E-state index contributed by atoms with van der Waals surface area (Å²) in [6.07, 6.45) is 2.79. The van der Waals surface area contributed by atoms with Crippen molar-refractivity contribution in [3.8, 4) is 0 Å². The fourth-order valence-corrected chi connectivity index (χ4v) is 3.58. The van der Waals surface area contributed by atoms with Crippen LogP contribution in [0.3, 0.4) is 0 Å². The maximum atomic E-state index is 12.6. The first kappa shape index (κ1) is 18.6. The quantitative estimate of drug-likeness (QED) is 0.827. The molecule has 0 saturated carbocycles. The number of likely N-dealkylation sites (tertiary alicyclic amines) is 1. The van der Waals surface area contributed by atoms with Crippen LogP contribution < -0.4 is 0 Å². The lowest BCUT2D eigenvalue weighted by Gasteiger charge is -2.34. The molecule has 1 aliphatic rings. The zero-order valence-electron chi connectivity index (χ0n) is 15.1. The van der Waals surface area contributed by atoms with Crippen molar-refractivity contribution in [2.24, 2.45) is 5.92 Å². The maximum absolute atomic E-state index is 12.6. The summed E-state index contributed by atoms with van der Waals surface area (Å²) in [5.41, 5.74) is 1.89. The fourth-order valence-electron chi connectivity index (χ4n) is 3.58. The number of aliphatic hydroxyl groups is 2. The molecule has 1 aromatic heterocycles. The molecule has 0 spiro atoms. The first-order valence-electron chi connectivity index (χ1n) is 9.17. The molecule has 2 aromatic rings. The van der Waals surface area contributed by atoms with Crippen molar-refractivity contribution in [2.45, 2.75) is 45.3 Å². The number of carbonyl (C=O) groups excluding carboxylic acids is 1. The summed E-state index contributed by atoms with van der Waals surface area (Å²) < 4.78 is 5.03. The molecule has 3 rings (SSSR count). The molecule has 1 aromatic carbocycles. The van der Waals surface area contributed by atoms with E-state index >= 15 is 0 Å². The van der Waals surface area contributed by atoms with Gasteiger partial charge in [-0.05, 0) is 44.1 Å². The lowest BCUT2D eigenvalue weighted by molar-refractivity contribution is 0.0429. The van der Waals surface area contributed by atoms with Crippen LogP contribution in [-0.2, 0) is 13.0 Å². The molecule has 6 heteroatoms. The fraction of sp³-hybridized carbons (Fsp3) is 0.500. The molecule has 2 N–H and O–H groups in total. The Morgan fingerprint density at radius 2 is 2.00 bits per heavy atom. The van der Waals surface area contributed by atoms with Crippen molar-refractivity contribution < 1.29 is 19.5 Å². The molecule has 1 fully saturated rings. The number of hydrogen-bond acceptors (Lipinski definition) is 5. The van der Waals surface area contributed by atoms with E-state index in [1.165, 1.54) is 5.56 Å². The average molecular weight is 358 g/mol. The molecule has 6 nitrogen and oxygen atoms in total. The maximum Gasteiger partial charge on any atom is 0.276 e. The van der Waals surface area contributed by atoms with Gasteiger partial charge in [-0.25, -0.2) is 0 Å². The molecule has 0 aliphatic carbocycles. The molecule has 1 amide bonds. The van der Waals surface area contributed by atoms with E-state index in [1.54, 1.807) is 11.8 Å². The van der Waals surface area contributed by atoms with E-state index in [0.29, 0.717) is 24.4 Å². The molecule has 1 atom stereocenters. The monoisotopic (exact) mass is 358 g/mol. The second-order valence-corrected chi connectivity index (χ2v) is 6.95. The smallest absolute Gasteiger partial charge is 0.276 e. The lowest BCUT2D eigenvalue weighted by Crippen LogP contribution is -2.41. The molecule has 1 saturated heterocycles. The second-order valence-electron chi connectivity index (χ2n) is 6.95. The third-order valence-electron chi connectivity index (χ3n) is 5.29. The van der Waals surface area contributed by atoms with Crippen molar-refractivity contribution in [3.05, 3.63) is 52.9 Å². The molecular formula is C20H26N2O4. The number of benzene rings is 1. The van der Waals surface area contributed by atoms with Crippen LogP contribution >= 0.6 is 0 Å². The Kier molecular flexibility index (Phi) is 6.06. The molecule has 1 aliphatic heterocycles. The molecule has 0 radical (unpaired) electrons. The summed E-state index contributed by atoms with van der Waals surface area (Å²) >= 11 is 0. The van der Waals surface area contributed by atoms with Crippen LogP contribution in [-0.4, -0.2) is 45.4 Å². The predicted octanol–water partition coefficient (Wildman–Crippen LogP) is 2.32. The summed E-state index contributed by atoms with van der Waals surface area (Å²) in [6.45, 7) is 2.60. The van der Waals surface area contributed by atoms with Gasteiger partial charge in [0.1, 0.15) is 5.76 Å². The minimum atomic E-state index is -0.352. The zero-order chi connectivity index (χ0) is 18.5. The number of rotatable bonds is 6. The molecular weight excluding hydrogens is 332 g/mol. The number of aliphatic hydroxyl groups excluding tert-OH is 2. The van der Waals surface area contributed by atoms with Gasteiger partial charge >= 0.3 is 0 Å². The SMILES string of the molecule is Cc1onc(C(=O)N2CCC([C@H](O)CCc3ccccc3)CC2)c1CO. The summed E-state index contributed by atoms with van der Waals surface area (Å²) in [5, 5.41) is 23.7. The van der Waals surface area contributed by atoms with Crippen molar-refractivity contribution >= 4 is 5.91 Å². The minimum absolute atomic E-state index is 0.202. The highest BCUT2D eigenvalue weighted by Gasteiger charge is 2.30. The van der Waals surface area contributed by atoms with Gasteiger partial charge in [0.2, 0.25) is 0 Å². The van der Waals surface area contributed by atoms with Gasteiger partial charge in [-0.3, -0.25) is 4.79 Å². The van der Waals surface area contributed by atoms with Crippen molar-refractivity contribution in [1.29, 1.82) is 0 Å². The van der Waals surface area contributed by atoms with Gasteiger partial charge in [0, 0.05) is 13.1 Å². The first-order valence-corrected chi connectivity index (χ1v) is 9.17. The Hall–Kier alpha value is -2.18. The molecule has 0 unspecified atom stereocenters. The van der Waals surface area contributed by atoms with E-state index in [9.17, 15) is 15.0 Å². The van der Waals surface area contributed by atoms with E-state index in [1.807, 2.05) is 18.2 Å². The predicted molar refractivity (Wildman–Crippen MR) is 96.6 cm³/mol. The normalized spacial score (nSPS) is 16.7. The third kappa shape index (κ3) is 4.14. The van der Waals surface area contributed by atoms with Crippen LogP contribution in [0.4, 0.5) is 0 Å². The van der Waals surface area contributed by atoms with Crippen LogP contribution in [0.25, 0.3) is 0 Å². The van der Waals surface area contributed by atoms with Crippen molar-refractivity contribution in [3.63, 3.8) is 0 Å². The van der Waals surface area contributed by atoms with E-state index in [0.717, 1.165) is 25.7 Å². The Labute approximate surface area is 153 Å². The van der Waals surface area contributed by atoms with E-state index in [2.05, 4.69) is 17.3 Å². The van der Waals surface area contributed by atoms with E-state index in [4.69, 9.17) is 4.52 Å². The highest BCUT2D eigenvalue weighted by atomic mass is 16.5. The number of hydrogen-bond donors (Lipinski definition) is 2. The van der Waals surface area contributed by atoms with Gasteiger partial charge in [-0.2, -0.15) is 0 Å². The van der Waals surface area contributed by atoms with Gasteiger partial charge in [0.05, 0.1) is 18.3 Å². The zero-order valence-corrected chi connectivity index (χ0v) is 15.1. The second kappa shape index (κ2) is 8.47. The highest BCUT2D eigenvalue weighted by Crippen LogP contribution is 2.25. The number of aryl methyl sites for hydroxylation is 2. The number of amides is 1. The molecule has 2 heterocycles. The summed E-state index contributed by atoms with van der Waals surface area (Å²) in [5.74, 6) is 0.476. The summed E-state index contributed by atoms with van der Waals surface area (Å²) in [6, 6.07) is 10.2. The first-order chi connectivity index (χ1) is 12.6. The Morgan fingerprint density at radius 1 is 1.31 bits per heavy atom. The van der Waals surface area contributed by atoms with E-state index in [-0.39, 0.29) is 30.2 Å². The number of aromatic nitrogens is 1. The van der Waals surface area contributed by atoms with Gasteiger partial charge in [-0.15, -0.1) is 0 Å². The molecule has 0 bridgehead atoms. The number of carbonyl (C=O) groups is 1. The Bertz CT molecular complexity index is 721. The van der Waals surface area contributed by atoms with Crippen molar-refractivity contribution in [2.75, 3.05) is 13.1 Å². The summed E-state index contributed by atoms with van der Waals surface area (Å²) in [7, 11) is 0. The Morgan fingerprint density at radius 3 is 2.65 bits per heavy atom. The molecule has 140 valence electrons. The average Bonchev–Trinajstić information content (AvgIpc) is 3.07. The summed E-state index contributed by atoms with van der Waals surface area (Å²) in [4.78, 5) is 14.3. The van der Waals surface area contributed by atoms with Gasteiger partial charge < -0.3 is 19.6 Å². The molecule has 26 heavy (non-hydrogen) atoms. The standard InChI is InChI=1S/C20H26N2O4/c1-14-17(13-23)19(21-26-14)20(25)22-11-9-16(10-12-22)18(24)8-7-15-5-3-2-4-6-15/h2-6,16,18,23-24H,7-13H2,1H3/t18-/m1/s1. The number of piperidine rings is 1. The lowest BCUT2D eigenvalue weighted by atomic mass is 9.88. The van der Waals surface area contributed by atoms with Crippen LogP contribution in [0, 0.1) is 12.8 Å². The minimum Gasteiger partial charge on any atom is -0.393 e. The van der Waals surface area contributed by atoms with Gasteiger partial charge in [0.15, 0.2) is 5.69 Å².